The summed E-state index contributed by atoms with van der Waals surface area (Å²) in [6.07, 6.45) is 0. The molecule has 0 aliphatic heterocycles. The smallest absolute Gasteiger partial charge is 0.136 e. The summed E-state index contributed by atoms with van der Waals surface area (Å²) in [7, 11) is 0. The fourth-order valence-corrected chi connectivity index (χ4v) is 9.27. The number of para-hydroxylation sites is 2. The van der Waals surface area contributed by atoms with Gasteiger partial charge in [0, 0.05) is 58.2 Å². The van der Waals surface area contributed by atoms with Crippen LogP contribution in [0.25, 0.3) is 108 Å². The third-order valence-electron chi connectivity index (χ3n) is 10.5. The van der Waals surface area contributed by atoms with Gasteiger partial charge in [-0.3, -0.25) is 0 Å². The van der Waals surface area contributed by atoms with Crippen LogP contribution in [-0.2, 0) is 0 Å². The average Bonchev–Trinajstić information content (AvgIpc) is 3.78. The first kappa shape index (κ1) is 29.2. The minimum atomic E-state index is 0.864. The van der Waals surface area contributed by atoms with Crippen molar-refractivity contribution < 1.29 is 4.42 Å². The van der Waals surface area contributed by atoms with Gasteiger partial charge in [0.15, 0.2) is 0 Å². The maximum absolute atomic E-state index is 6.62. The Hall–Kier alpha value is -6.55. The Bertz CT molecular complexity index is 3170. The molecule has 242 valence electrons. The van der Waals surface area contributed by atoms with Crippen molar-refractivity contribution >= 4 is 75.1 Å². The number of pyridine rings is 1. The zero-order valence-corrected chi connectivity index (χ0v) is 28.8. The number of furan rings is 1. The fraction of sp³-hybridized carbons (Fsp3) is 0. The summed E-state index contributed by atoms with van der Waals surface area (Å²) in [5.74, 6) is 0. The number of benzene rings is 8. The first-order chi connectivity index (χ1) is 25.8. The topological polar surface area (TPSA) is 26.0 Å². The monoisotopic (exact) mass is 679 g/mol. The minimum absolute atomic E-state index is 0.864. The van der Waals surface area contributed by atoms with Crippen LogP contribution < -0.4 is 0 Å². The number of nitrogens with zero attached hydrogens (tertiary/aromatic N) is 1. The quantitative estimate of drug-likeness (QED) is 0.173. The molecule has 8 aromatic carbocycles. The lowest BCUT2D eigenvalue weighted by atomic mass is 9.88. The van der Waals surface area contributed by atoms with Gasteiger partial charge < -0.3 is 4.42 Å². The average molecular weight is 680 g/mol. The Morgan fingerprint density at radius 2 is 1.06 bits per heavy atom. The van der Waals surface area contributed by atoms with E-state index in [1.165, 1.54) is 53.4 Å². The molecule has 0 fully saturated rings. The molecule has 0 spiro atoms. The molecule has 0 saturated carbocycles. The van der Waals surface area contributed by atoms with Crippen molar-refractivity contribution in [1.29, 1.82) is 0 Å². The first-order valence-corrected chi connectivity index (χ1v) is 18.4. The van der Waals surface area contributed by atoms with Gasteiger partial charge in [-0.2, -0.15) is 0 Å². The highest BCUT2D eigenvalue weighted by Crippen LogP contribution is 2.47. The van der Waals surface area contributed by atoms with Crippen LogP contribution in [0.5, 0.6) is 0 Å². The third kappa shape index (κ3) is 4.46. The van der Waals surface area contributed by atoms with Crippen LogP contribution in [0.2, 0.25) is 0 Å². The van der Waals surface area contributed by atoms with Crippen LogP contribution >= 0.6 is 11.3 Å². The molecule has 0 unspecified atom stereocenters. The molecule has 3 heterocycles. The number of rotatable bonds is 4. The van der Waals surface area contributed by atoms with Gasteiger partial charge in [0.05, 0.1) is 11.2 Å². The lowest BCUT2D eigenvalue weighted by Crippen LogP contribution is -1.93. The molecule has 52 heavy (non-hydrogen) atoms. The Morgan fingerprint density at radius 3 is 1.94 bits per heavy atom. The van der Waals surface area contributed by atoms with E-state index in [1.54, 1.807) is 0 Å². The Labute approximate surface area is 303 Å². The summed E-state index contributed by atoms with van der Waals surface area (Å²) in [4.78, 5) is 5.26. The molecule has 0 bridgehead atoms. The Balaban J connectivity index is 1.14. The second kappa shape index (κ2) is 11.5. The van der Waals surface area contributed by atoms with Gasteiger partial charge in [-0.15, -0.1) is 11.3 Å². The van der Waals surface area contributed by atoms with E-state index < -0.39 is 0 Å². The number of thiophene rings is 1. The number of hydrogen-bond donors (Lipinski definition) is 0. The summed E-state index contributed by atoms with van der Waals surface area (Å²) < 4.78 is 9.27. The molecule has 0 amide bonds. The lowest BCUT2D eigenvalue weighted by Gasteiger charge is -2.16. The molecule has 3 heteroatoms. The molecular formula is C49H29NOS. The summed E-state index contributed by atoms with van der Waals surface area (Å²) in [5.41, 5.74) is 11.9. The third-order valence-corrected chi connectivity index (χ3v) is 11.6. The first-order valence-electron chi connectivity index (χ1n) is 17.6. The van der Waals surface area contributed by atoms with E-state index in [-0.39, 0.29) is 0 Å². The van der Waals surface area contributed by atoms with Crippen molar-refractivity contribution in [2.45, 2.75) is 0 Å². The molecule has 0 N–H and O–H groups in total. The summed E-state index contributed by atoms with van der Waals surface area (Å²) in [6, 6.07) is 63.1. The summed E-state index contributed by atoms with van der Waals surface area (Å²) >= 11 is 1.86. The predicted octanol–water partition coefficient (Wildman–Crippen LogP) is 14.3. The van der Waals surface area contributed by atoms with Crippen molar-refractivity contribution in [3.05, 3.63) is 176 Å². The Morgan fingerprint density at radius 1 is 0.385 bits per heavy atom. The van der Waals surface area contributed by atoms with Gasteiger partial charge in [-0.1, -0.05) is 140 Å². The zero-order valence-electron chi connectivity index (χ0n) is 28.0. The number of fused-ring (bicyclic) bond motifs is 9. The predicted molar refractivity (Wildman–Crippen MR) is 221 cm³/mol. The van der Waals surface area contributed by atoms with E-state index in [4.69, 9.17) is 9.40 Å². The maximum atomic E-state index is 6.62. The van der Waals surface area contributed by atoms with Crippen molar-refractivity contribution in [1.82, 2.24) is 4.98 Å². The van der Waals surface area contributed by atoms with Gasteiger partial charge in [-0.25, -0.2) is 4.98 Å². The van der Waals surface area contributed by atoms with E-state index in [9.17, 15) is 0 Å². The van der Waals surface area contributed by atoms with Crippen molar-refractivity contribution in [2.24, 2.45) is 0 Å². The van der Waals surface area contributed by atoms with E-state index >= 15 is 0 Å². The lowest BCUT2D eigenvalue weighted by molar-refractivity contribution is 0.669. The minimum Gasteiger partial charge on any atom is -0.456 e. The van der Waals surface area contributed by atoms with Gasteiger partial charge in [0.1, 0.15) is 11.2 Å². The highest BCUT2D eigenvalue weighted by atomic mass is 32.1. The fourth-order valence-electron chi connectivity index (χ4n) is 8.13. The molecule has 0 aliphatic carbocycles. The van der Waals surface area contributed by atoms with Crippen LogP contribution in [0.3, 0.4) is 0 Å². The van der Waals surface area contributed by atoms with Crippen LogP contribution in [0.4, 0.5) is 0 Å². The molecule has 0 aliphatic rings. The van der Waals surface area contributed by atoms with Gasteiger partial charge in [0.25, 0.3) is 0 Å². The van der Waals surface area contributed by atoms with E-state index in [2.05, 4.69) is 170 Å². The molecule has 2 nitrogen and oxygen atoms in total. The van der Waals surface area contributed by atoms with Crippen molar-refractivity contribution in [2.75, 3.05) is 0 Å². The Kier molecular flexibility index (Phi) is 6.46. The van der Waals surface area contributed by atoms with Gasteiger partial charge >= 0.3 is 0 Å². The van der Waals surface area contributed by atoms with E-state index in [0.717, 1.165) is 55.0 Å². The van der Waals surface area contributed by atoms with Gasteiger partial charge in [0.2, 0.25) is 0 Å². The molecular weight excluding hydrogens is 651 g/mol. The second-order valence-electron chi connectivity index (χ2n) is 13.4. The highest BCUT2D eigenvalue weighted by molar-refractivity contribution is 7.25. The maximum Gasteiger partial charge on any atom is 0.136 e. The molecule has 3 aromatic heterocycles. The molecule has 0 radical (unpaired) electrons. The van der Waals surface area contributed by atoms with Crippen LogP contribution in [0.15, 0.2) is 180 Å². The molecule has 0 atom stereocenters. The zero-order chi connectivity index (χ0) is 34.2. The summed E-state index contributed by atoms with van der Waals surface area (Å²) in [5, 5.41) is 8.29. The normalized spacial score (nSPS) is 11.8. The highest BCUT2D eigenvalue weighted by Gasteiger charge is 2.22. The van der Waals surface area contributed by atoms with Crippen molar-refractivity contribution in [3.8, 4) is 44.6 Å². The van der Waals surface area contributed by atoms with Crippen LogP contribution in [0.1, 0.15) is 0 Å². The largest absolute Gasteiger partial charge is 0.456 e. The standard InChI is InChI=1S/C49H29NOS/c1-2-12-32(13-3-1)49-39-29-42-48(37-17-5-8-21-41(37)51-42)45(47(39)36-16-4-7-20-40(36)50-49)34-15-10-14-33(28-34)30-24-26-31(27-25-30)35-19-11-23-44-46(35)38-18-6-9-22-43(38)52-44/h1-29H. The van der Waals surface area contributed by atoms with Crippen LogP contribution in [-0.4, -0.2) is 4.98 Å². The molecule has 11 aromatic rings. The molecule has 11 rings (SSSR count). The molecule has 0 saturated heterocycles. The number of hydrogen-bond acceptors (Lipinski definition) is 3. The second-order valence-corrected chi connectivity index (χ2v) is 14.5. The number of aromatic nitrogens is 1. The SMILES string of the molecule is c1ccc(-c2nc3ccccc3c3c(-c4cccc(-c5ccc(-c6cccc7sc8ccccc8c67)cc5)c4)c4c(cc23)oc2ccccc24)cc1. The van der Waals surface area contributed by atoms with Gasteiger partial charge in [-0.05, 0) is 64.2 Å². The van der Waals surface area contributed by atoms with Crippen LogP contribution in [0, 0.1) is 0 Å². The van der Waals surface area contributed by atoms with Crippen molar-refractivity contribution in [3.63, 3.8) is 0 Å². The van der Waals surface area contributed by atoms with E-state index in [0.29, 0.717) is 0 Å². The summed E-state index contributed by atoms with van der Waals surface area (Å²) in [6.45, 7) is 0. The van der Waals surface area contributed by atoms with E-state index in [1.807, 2.05) is 17.4 Å².